The monoisotopic (exact) mass is 245 g/mol. The maximum absolute atomic E-state index is 12.4. The summed E-state index contributed by atoms with van der Waals surface area (Å²) in [5.41, 5.74) is 5.82. The molecule has 1 aromatic rings. The molecule has 2 rings (SSSR count). The van der Waals surface area contributed by atoms with Gasteiger partial charge in [-0.25, -0.2) is 0 Å². The minimum atomic E-state index is -4.28. The molecule has 1 atom stereocenters. The summed E-state index contributed by atoms with van der Waals surface area (Å²) >= 11 is 0. The zero-order valence-electron chi connectivity index (χ0n) is 9.26. The van der Waals surface area contributed by atoms with Crippen molar-refractivity contribution in [2.24, 2.45) is 5.73 Å². The second kappa shape index (κ2) is 4.31. The van der Waals surface area contributed by atoms with Gasteiger partial charge >= 0.3 is 6.18 Å². The van der Waals surface area contributed by atoms with Gasteiger partial charge in [-0.1, -0.05) is 12.1 Å². The second-order valence-corrected chi connectivity index (χ2v) is 4.54. The van der Waals surface area contributed by atoms with Crippen molar-refractivity contribution in [3.8, 4) is 0 Å². The Morgan fingerprint density at radius 1 is 1.24 bits per heavy atom. The molecule has 0 unspecified atom stereocenters. The Kier molecular flexibility index (Phi) is 3.14. The van der Waals surface area contributed by atoms with E-state index < -0.39 is 17.3 Å². The molecule has 1 fully saturated rings. The van der Waals surface area contributed by atoms with Gasteiger partial charge in [-0.3, -0.25) is 0 Å². The van der Waals surface area contributed by atoms with E-state index in [-0.39, 0.29) is 0 Å². The Morgan fingerprint density at radius 3 is 2.35 bits per heavy atom. The molecule has 2 nitrogen and oxygen atoms in total. The molecule has 2 N–H and O–H groups in total. The summed E-state index contributed by atoms with van der Waals surface area (Å²) in [6.07, 6.45) is -2.99. The molecule has 94 valence electrons. The lowest BCUT2D eigenvalue weighted by Crippen LogP contribution is -2.42. The third-order valence-electron chi connectivity index (χ3n) is 2.97. The number of halogens is 3. The first-order valence-corrected chi connectivity index (χ1v) is 5.42. The average Bonchev–Trinajstić information content (AvgIpc) is 2.64. The Labute approximate surface area is 97.6 Å². The molecule has 1 aromatic carbocycles. The van der Waals surface area contributed by atoms with E-state index in [1.54, 1.807) is 0 Å². The van der Waals surface area contributed by atoms with Gasteiger partial charge in [0.2, 0.25) is 0 Å². The van der Waals surface area contributed by atoms with Gasteiger partial charge in [0, 0.05) is 12.1 Å². The first-order valence-electron chi connectivity index (χ1n) is 5.42. The first kappa shape index (κ1) is 12.4. The predicted octanol–water partition coefficient (Wildman–Crippen LogP) is 2.37. The van der Waals surface area contributed by atoms with Gasteiger partial charge in [0.05, 0.1) is 12.2 Å². The topological polar surface area (TPSA) is 35.2 Å². The van der Waals surface area contributed by atoms with Crippen molar-refractivity contribution in [1.82, 2.24) is 0 Å². The highest BCUT2D eigenvalue weighted by molar-refractivity contribution is 5.26. The Bertz CT molecular complexity index is 380. The van der Waals surface area contributed by atoms with Crippen LogP contribution in [0.4, 0.5) is 13.2 Å². The molecule has 1 heterocycles. The summed E-state index contributed by atoms with van der Waals surface area (Å²) in [4.78, 5) is 0. The molecule has 0 bridgehead atoms. The highest BCUT2D eigenvalue weighted by atomic mass is 19.4. The normalized spacial score (nSPS) is 25.2. The molecule has 1 saturated heterocycles. The van der Waals surface area contributed by atoms with E-state index in [2.05, 4.69) is 0 Å². The van der Waals surface area contributed by atoms with Crippen LogP contribution in [0, 0.1) is 0 Å². The van der Waals surface area contributed by atoms with Gasteiger partial charge in [-0.15, -0.1) is 0 Å². The second-order valence-electron chi connectivity index (χ2n) is 4.54. The SMILES string of the molecule is N[C@@]1(Cc2ccc(C(F)(F)F)cc2)CCOC1. The van der Waals surface area contributed by atoms with E-state index in [0.717, 1.165) is 24.1 Å². The summed E-state index contributed by atoms with van der Waals surface area (Å²) in [6, 6.07) is 5.15. The molecule has 17 heavy (non-hydrogen) atoms. The largest absolute Gasteiger partial charge is 0.416 e. The number of hydrogen-bond donors (Lipinski definition) is 1. The van der Waals surface area contributed by atoms with E-state index in [4.69, 9.17) is 10.5 Å². The van der Waals surface area contributed by atoms with Gasteiger partial charge in [0.25, 0.3) is 0 Å². The fourth-order valence-electron chi connectivity index (χ4n) is 1.98. The number of benzene rings is 1. The van der Waals surface area contributed by atoms with Crippen LogP contribution in [0.3, 0.4) is 0 Å². The lowest BCUT2D eigenvalue weighted by molar-refractivity contribution is -0.137. The summed E-state index contributed by atoms with van der Waals surface area (Å²) in [6.45, 7) is 1.09. The molecule has 1 aliphatic heterocycles. The number of hydrogen-bond acceptors (Lipinski definition) is 2. The van der Waals surface area contributed by atoms with Crippen LogP contribution in [0.25, 0.3) is 0 Å². The van der Waals surface area contributed by atoms with Crippen LogP contribution in [-0.2, 0) is 17.3 Å². The maximum atomic E-state index is 12.4. The minimum Gasteiger partial charge on any atom is -0.379 e. The van der Waals surface area contributed by atoms with E-state index in [0.29, 0.717) is 19.6 Å². The fourth-order valence-corrected chi connectivity index (χ4v) is 1.98. The smallest absolute Gasteiger partial charge is 0.379 e. The average molecular weight is 245 g/mol. The van der Waals surface area contributed by atoms with E-state index in [1.807, 2.05) is 0 Å². The van der Waals surface area contributed by atoms with Gasteiger partial charge in [0.15, 0.2) is 0 Å². The van der Waals surface area contributed by atoms with Crippen molar-refractivity contribution in [3.63, 3.8) is 0 Å². The maximum Gasteiger partial charge on any atom is 0.416 e. The molecule has 0 aliphatic carbocycles. The molecule has 0 radical (unpaired) electrons. The van der Waals surface area contributed by atoms with Crippen molar-refractivity contribution in [2.45, 2.75) is 24.6 Å². The van der Waals surface area contributed by atoms with Crippen molar-refractivity contribution < 1.29 is 17.9 Å². The van der Waals surface area contributed by atoms with Crippen molar-refractivity contribution in [3.05, 3.63) is 35.4 Å². The first-order chi connectivity index (χ1) is 7.89. The van der Waals surface area contributed by atoms with Crippen LogP contribution >= 0.6 is 0 Å². The Morgan fingerprint density at radius 2 is 1.88 bits per heavy atom. The van der Waals surface area contributed by atoms with E-state index in [1.165, 1.54) is 12.1 Å². The lowest BCUT2D eigenvalue weighted by atomic mass is 9.91. The molecule has 0 aromatic heterocycles. The number of nitrogens with two attached hydrogens (primary N) is 1. The third kappa shape index (κ3) is 2.98. The van der Waals surface area contributed by atoms with Gasteiger partial charge < -0.3 is 10.5 Å². The van der Waals surface area contributed by atoms with Gasteiger partial charge in [0.1, 0.15) is 0 Å². The fraction of sp³-hybridized carbons (Fsp3) is 0.500. The summed E-state index contributed by atoms with van der Waals surface area (Å²) in [7, 11) is 0. The zero-order chi connectivity index (χ0) is 12.5. The molecule has 0 spiro atoms. The summed E-state index contributed by atoms with van der Waals surface area (Å²) in [5, 5.41) is 0. The standard InChI is InChI=1S/C12H14F3NO/c13-12(14,15)10-3-1-9(2-4-10)7-11(16)5-6-17-8-11/h1-4H,5-8,16H2/t11-/m1/s1. The van der Waals surface area contributed by atoms with Crippen LogP contribution < -0.4 is 5.73 Å². The highest BCUT2D eigenvalue weighted by Gasteiger charge is 2.32. The van der Waals surface area contributed by atoms with E-state index >= 15 is 0 Å². The Balaban J connectivity index is 2.08. The van der Waals surface area contributed by atoms with Crippen molar-refractivity contribution >= 4 is 0 Å². The van der Waals surface area contributed by atoms with Crippen molar-refractivity contribution in [1.29, 1.82) is 0 Å². The minimum absolute atomic E-state index is 0.431. The van der Waals surface area contributed by atoms with Crippen LogP contribution in [-0.4, -0.2) is 18.8 Å². The van der Waals surface area contributed by atoms with E-state index in [9.17, 15) is 13.2 Å². The zero-order valence-corrected chi connectivity index (χ0v) is 9.26. The van der Waals surface area contributed by atoms with Crippen LogP contribution in [0.1, 0.15) is 17.5 Å². The molecule has 1 aliphatic rings. The van der Waals surface area contributed by atoms with Crippen LogP contribution in [0.15, 0.2) is 24.3 Å². The number of rotatable bonds is 2. The lowest BCUT2D eigenvalue weighted by Gasteiger charge is -2.21. The third-order valence-corrected chi connectivity index (χ3v) is 2.97. The highest BCUT2D eigenvalue weighted by Crippen LogP contribution is 2.30. The number of alkyl halides is 3. The van der Waals surface area contributed by atoms with Gasteiger partial charge in [-0.2, -0.15) is 13.2 Å². The summed E-state index contributed by atoms with van der Waals surface area (Å²) in [5.74, 6) is 0. The van der Waals surface area contributed by atoms with Crippen LogP contribution in [0.2, 0.25) is 0 Å². The Hall–Kier alpha value is -1.07. The summed E-state index contributed by atoms with van der Waals surface area (Å²) < 4.78 is 42.3. The predicted molar refractivity (Wildman–Crippen MR) is 57.5 cm³/mol. The van der Waals surface area contributed by atoms with Crippen LogP contribution in [0.5, 0.6) is 0 Å². The van der Waals surface area contributed by atoms with Gasteiger partial charge in [-0.05, 0) is 30.5 Å². The molecule has 0 amide bonds. The van der Waals surface area contributed by atoms with Crippen molar-refractivity contribution in [2.75, 3.05) is 13.2 Å². The quantitative estimate of drug-likeness (QED) is 0.868. The molecule has 0 saturated carbocycles. The molecular weight excluding hydrogens is 231 g/mol. The molecule has 5 heteroatoms. The molecular formula is C12H14F3NO. The number of ether oxygens (including phenoxy) is 1.